The number of benzene rings is 1. The molecule has 1 saturated heterocycles. The van der Waals surface area contributed by atoms with Crippen LogP contribution in [0.1, 0.15) is 24.8 Å². The molecule has 0 saturated carbocycles. The fourth-order valence-electron chi connectivity index (χ4n) is 3.02. The zero-order chi connectivity index (χ0) is 16.7. The van der Waals surface area contributed by atoms with Gasteiger partial charge in [-0.2, -0.15) is 0 Å². The average Bonchev–Trinajstić information content (AvgIpc) is 2.57. The quantitative estimate of drug-likeness (QED) is 0.824. The van der Waals surface area contributed by atoms with Crippen LogP contribution in [0.3, 0.4) is 0 Å². The average molecular weight is 318 g/mol. The molecule has 0 bridgehead atoms. The fourth-order valence-corrected chi connectivity index (χ4v) is 3.02. The van der Waals surface area contributed by atoms with E-state index >= 15 is 0 Å². The third-order valence-corrected chi connectivity index (χ3v) is 4.40. The summed E-state index contributed by atoms with van der Waals surface area (Å²) in [6.45, 7) is 1.51. The maximum atomic E-state index is 12.3. The van der Waals surface area contributed by atoms with Gasteiger partial charge in [0.05, 0.1) is 12.5 Å². The van der Waals surface area contributed by atoms with Crippen molar-refractivity contribution in [3.8, 4) is 0 Å². The van der Waals surface area contributed by atoms with Crippen molar-refractivity contribution in [2.75, 3.05) is 33.3 Å². The predicted octanol–water partition coefficient (Wildman–Crippen LogP) is 1.31. The third-order valence-electron chi connectivity index (χ3n) is 4.40. The molecule has 2 rings (SSSR count). The van der Waals surface area contributed by atoms with E-state index in [0.717, 1.165) is 12.8 Å². The van der Waals surface area contributed by atoms with E-state index in [0.29, 0.717) is 32.5 Å². The summed E-state index contributed by atoms with van der Waals surface area (Å²) in [6, 6.07) is 10.2. The molecule has 1 fully saturated rings. The van der Waals surface area contributed by atoms with Crippen LogP contribution in [0, 0.1) is 5.92 Å². The molecule has 1 atom stereocenters. The smallest absolute Gasteiger partial charge is 0.227 e. The summed E-state index contributed by atoms with van der Waals surface area (Å²) in [5.74, 6) is 0.0347. The molecule has 2 amide bonds. The molecule has 1 heterocycles. The summed E-state index contributed by atoms with van der Waals surface area (Å²) in [4.78, 5) is 27.8. The second-order valence-corrected chi connectivity index (χ2v) is 6.15. The lowest BCUT2D eigenvalue weighted by Gasteiger charge is -2.33. The Hall–Kier alpha value is -1.88. The number of likely N-dealkylation sites (tertiary alicyclic amines) is 1. The zero-order valence-electron chi connectivity index (χ0n) is 13.8. The molecule has 1 aliphatic rings. The molecule has 5 nitrogen and oxygen atoms in total. The van der Waals surface area contributed by atoms with E-state index in [2.05, 4.69) is 12.1 Å². The monoisotopic (exact) mass is 318 g/mol. The highest BCUT2D eigenvalue weighted by atomic mass is 16.3. The second-order valence-electron chi connectivity index (χ2n) is 6.15. The normalized spacial score (nSPS) is 18.1. The summed E-state index contributed by atoms with van der Waals surface area (Å²) in [6.07, 6.45) is 2.90. The van der Waals surface area contributed by atoms with Crippen LogP contribution in [0.5, 0.6) is 0 Å². The van der Waals surface area contributed by atoms with Crippen LogP contribution in [-0.2, 0) is 16.0 Å². The van der Waals surface area contributed by atoms with E-state index in [1.807, 2.05) is 23.1 Å². The van der Waals surface area contributed by atoms with Gasteiger partial charge in [-0.15, -0.1) is 0 Å². The van der Waals surface area contributed by atoms with Crippen molar-refractivity contribution in [1.29, 1.82) is 0 Å². The molecule has 0 radical (unpaired) electrons. The van der Waals surface area contributed by atoms with E-state index in [1.54, 1.807) is 11.9 Å². The topological polar surface area (TPSA) is 60.9 Å². The third kappa shape index (κ3) is 5.06. The number of hydrogen-bond donors (Lipinski definition) is 1. The van der Waals surface area contributed by atoms with Gasteiger partial charge < -0.3 is 14.9 Å². The maximum absolute atomic E-state index is 12.3. The Labute approximate surface area is 137 Å². The first kappa shape index (κ1) is 17.5. The van der Waals surface area contributed by atoms with Crippen LogP contribution >= 0.6 is 0 Å². The molecule has 23 heavy (non-hydrogen) atoms. The highest BCUT2D eigenvalue weighted by molar-refractivity contribution is 5.83. The van der Waals surface area contributed by atoms with E-state index in [9.17, 15) is 9.59 Å². The number of aryl methyl sites for hydroxylation is 1. The van der Waals surface area contributed by atoms with E-state index in [4.69, 9.17) is 5.11 Å². The van der Waals surface area contributed by atoms with Gasteiger partial charge in [0.2, 0.25) is 11.8 Å². The Morgan fingerprint density at radius 2 is 2.09 bits per heavy atom. The summed E-state index contributed by atoms with van der Waals surface area (Å²) in [5, 5.41) is 8.94. The molecule has 126 valence electrons. The molecule has 1 unspecified atom stereocenters. The van der Waals surface area contributed by atoms with E-state index in [-0.39, 0.29) is 24.3 Å². The highest BCUT2D eigenvalue weighted by Crippen LogP contribution is 2.20. The van der Waals surface area contributed by atoms with Crippen molar-refractivity contribution >= 4 is 11.8 Å². The number of likely N-dealkylation sites (N-methyl/N-ethyl adjacent to an activating group) is 1. The highest BCUT2D eigenvalue weighted by Gasteiger charge is 2.31. The summed E-state index contributed by atoms with van der Waals surface area (Å²) in [5.41, 5.74) is 1.27. The van der Waals surface area contributed by atoms with Crippen molar-refractivity contribution in [2.24, 2.45) is 5.92 Å². The maximum Gasteiger partial charge on any atom is 0.227 e. The fraction of sp³-hybridized carbons (Fsp3) is 0.556. The molecular formula is C18H26N2O3. The Bertz CT molecular complexity index is 518. The van der Waals surface area contributed by atoms with Crippen molar-refractivity contribution < 1.29 is 14.7 Å². The zero-order valence-corrected chi connectivity index (χ0v) is 13.8. The standard InChI is InChI=1S/C18H26N2O3/c1-19(12-13-21)18(23)16-9-10-17(22)20(14-16)11-5-8-15-6-3-2-4-7-15/h2-4,6-7,16,21H,5,8-14H2,1H3. The second kappa shape index (κ2) is 8.67. The number of amides is 2. The van der Waals surface area contributed by atoms with E-state index < -0.39 is 0 Å². The lowest BCUT2D eigenvalue weighted by Crippen LogP contribution is -2.47. The summed E-state index contributed by atoms with van der Waals surface area (Å²) < 4.78 is 0. The molecular weight excluding hydrogens is 292 g/mol. The first-order chi connectivity index (χ1) is 11.1. The van der Waals surface area contributed by atoms with Crippen molar-refractivity contribution in [3.05, 3.63) is 35.9 Å². The molecule has 1 aliphatic heterocycles. The lowest BCUT2D eigenvalue weighted by atomic mass is 9.95. The van der Waals surface area contributed by atoms with Gasteiger partial charge in [-0.05, 0) is 24.8 Å². The van der Waals surface area contributed by atoms with Gasteiger partial charge >= 0.3 is 0 Å². The lowest BCUT2D eigenvalue weighted by molar-refractivity contribution is -0.142. The van der Waals surface area contributed by atoms with Gasteiger partial charge in [0.15, 0.2) is 0 Å². The Morgan fingerprint density at radius 1 is 1.35 bits per heavy atom. The number of aliphatic hydroxyl groups is 1. The summed E-state index contributed by atoms with van der Waals surface area (Å²) in [7, 11) is 1.70. The molecule has 0 aliphatic carbocycles. The van der Waals surface area contributed by atoms with Crippen LogP contribution in [0.25, 0.3) is 0 Å². The Balaban J connectivity index is 1.83. The minimum absolute atomic E-state index is 0.0274. The van der Waals surface area contributed by atoms with Crippen molar-refractivity contribution in [3.63, 3.8) is 0 Å². The van der Waals surface area contributed by atoms with Crippen LogP contribution in [0.2, 0.25) is 0 Å². The minimum Gasteiger partial charge on any atom is -0.395 e. The van der Waals surface area contributed by atoms with Gasteiger partial charge in [0.25, 0.3) is 0 Å². The molecule has 0 aromatic heterocycles. The number of hydrogen-bond acceptors (Lipinski definition) is 3. The first-order valence-electron chi connectivity index (χ1n) is 8.29. The van der Waals surface area contributed by atoms with Crippen molar-refractivity contribution in [2.45, 2.75) is 25.7 Å². The molecule has 1 aromatic rings. The number of nitrogens with zero attached hydrogens (tertiary/aromatic N) is 2. The van der Waals surface area contributed by atoms with Crippen LogP contribution in [0.4, 0.5) is 0 Å². The van der Waals surface area contributed by atoms with Crippen LogP contribution in [-0.4, -0.2) is 60.0 Å². The number of aliphatic hydroxyl groups excluding tert-OH is 1. The number of carbonyl (C=O) groups excluding carboxylic acids is 2. The van der Waals surface area contributed by atoms with E-state index in [1.165, 1.54) is 5.56 Å². The van der Waals surface area contributed by atoms with Crippen LogP contribution < -0.4 is 0 Å². The molecule has 1 aromatic carbocycles. The predicted molar refractivity (Wildman–Crippen MR) is 88.8 cm³/mol. The van der Waals surface area contributed by atoms with Gasteiger partial charge in [-0.3, -0.25) is 9.59 Å². The van der Waals surface area contributed by atoms with Crippen LogP contribution in [0.15, 0.2) is 30.3 Å². The van der Waals surface area contributed by atoms with Crippen molar-refractivity contribution in [1.82, 2.24) is 9.80 Å². The molecule has 0 spiro atoms. The first-order valence-corrected chi connectivity index (χ1v) is 8.29. The largest absolute Gasteiger partial charge is 0.395 e. The Kier molecular flexibility index (Phi) is 6.59. The number of piperidine rings is 1. The van der Waals surface area contributed by atoms with Gasteiger partial charge in [-0.1, -0.05) is 30.3 Å². The van der Waals surface area contributed by atoms with Gasteiger partial charge in [-0.25, -0.2) is 0 Å². The summed E-state index contributed by atoms with van der Waals surface area (Å²) >= 11 is 0. The minimum atomic E-state index is -0.138. The molecule has 1 N–H and O–H groups in total. The van der Waals surface area contributed by atoms with Gasteiger partial charge in [0.1, 0.15) is 0 Å². The number of rotatable bonds is 7. The number of carbonyl (C=O) groups is 2. The Morgan fingerprint density at radius 3 is 2.78 bits per heavy atom. The van der Waals surface area contributed by atoms with Gasteiger partial charge in [0, 0.05) is 33.1 Å². The molecule has 5 heteroatoms. The SMILES string of the molecule is CN(CCO)C(=O)C1CCC(=O)N(CCCc2ccccc2)C1.